The standard InChI is InChI=1S/C24H23N3O3/c1-30-22-10-6-5-9-20(22)26-24(29)25-19-12-13-21-18(15-19)11-14-23(28)27(21)16-17-7-3-2-4-8-17/h2-10,12-13,15H,11,14,16H2,1H3,(H2,25,26,29). The van der Waals surface area contributed by atoms with E-state index in [9.17, 15) is 9.59 Å². The molecule has 0 unspecified atom stereocenters. The third-order valence-electron chi connectivity index (χ3n) is 5.08. The first-order valence-corrected chi connectivity index (χ1v) is 9.82. The highest BCUT2D eigenvalue weighted by Gasteiger charge is 2.24. The van der Waals surface area contributed by atoms with E-state index >= 15 is 0 Å². The summed E-state index contributed by atoms with van der Waals surface area (Å²) in [5.41, 5.74) is 4.29. The molecule has 0 aliphatic carbocycles. The summed E-state index contributed by atoms with van der Waals surface area (Å²) in [4.78, 5) is 26.8. The summed E-state index contributed by atoms with van der Waals surface area (Å²) >= 11 is 0. The van der Waals surface area contributed by atoms with E-state index in [1.807, 2.05) is 65.6 Å². The Labute approximate surface area is 175 Å². The molecule has 0 spiro atoms. The summed E-state index contributed by atoms with van der Waals surface area (Å²) < 4.78 is 5.26. The molecule has 0 saturated heterocycles. The molecule has 0 bridgehead atoms. The number of aryl methyl sites for hydroxylation is 1. The van der Waals surface area contributed by atoms with Crippen LogP contribution in [0.25, 0.3) is 0 Å². The largest absolute Gasteiger partial charge is 0.495 e. The third-order valence-corrected chi connectivity index (χ3v) is 5.08. The monoisotopic (exact) mass is 401 g/mol. The van der Waals surface area contributed by atoms with Crippen LogP contribution >= 0.6 is 0 Å². The second-order valence-electron chi connectivity index (χ2n) is 7.09. The zero-order valence-corrected chi connectivity index (χ0v) is 16.7. The number of nitrogens with zero attached hydrogens (tertiary/aromatic N) is 1. The summed E-state index contributed by atoms with van der Waals surface area (Å²) in [7, 11) is 1.56. The summed E-state index contributed by atoms with van der Waals surface area (Å²) in [5, 5.41) is 5.66. The summed E-state index contributed by atoms with van der Waals surface area (Å²) in [5.74, 6) is 0.703. The number of anilines is 3. The number of hydrogen-bond acceptors (Lipinski definition) is 3. The van der Waals surface area contributed by atoms with E-state index in [2.05, 4.69) is 10.6 Å². The summed E-state index contributed by atoms with van der Waals surface area (Å²) in [6.07, 6.45) is 1.11. The highest BCUT2D eigenvalue weighted by Crippen LogP contribution is 2.32. The zero-order valence-electron chi connectivity index (χ0n) is 16.7. The molecule has 0 atom stereocenters. The predicted octanol–water partition coefficient (Wildman–Crippen LogP) is 4.82. The van der Waals surface area contributed by atoms with Crippen LogP contribution in [0.4, 0.5) is 21.9 Å². The highest BCUT2D eigenvalue weighted by molar-refractivity contribution is 6.01. The van der Waals surface area contributed by atoms with Crippen molar-refractivity contribution in [3.8, 4) is 5.75 Å². The molecule has 6 heteroatoms. The molecule has 2 N–H and O–H groups in total. The maximum atomic E-state index is 12.5. The fourth-order valence-corrected chi connectivity index (χ4v) is 3.61. The Morgan fingerprint density at radius 3 is 2.53 bits per heavy atom. The van der Waals surface area contributed by atoms with Crippen LogP contribution in [0, 0.1) is 0 Å². The van der Waals surface area contributed by atoms with Gasteiger partial charge in [0.25, 0.3) is 0 Å². The molecule has 3 aromatic rings. The zero-order chi connectivity index (χ0) is 20.9. The van der Waals surface area contributed by atoms with Crippen LogP contribution in [0.3, 0.4) is 0 Å². The average Bonchev–Trinajstić information content (AvgIpc) is 2.77. The summed E-state index contributed by atoms with van der Waals surface area (Å²) in [6, 6.07) is 22.5. The first-order chi connectivity index (χ1) is 14.6. The van der Waals surface area contributed by atoms with Crippen LogP contribution in [0.1, 0.15) is 17.5 Å². The van der Waals surface area contributed by atoms with Crippen molar-refractivity contribution in [2.45, 2.75) is 19.4 Å². The van der Waals surface area contributed by atoms with Crippen molar-refractivity contribution in [2.24, 2.45) is 0 Å². The first-order valence-electron chi connectivity index (χ1n) is 9.82. The molecule has 0 fully saturated rings. The number of carbonyl (C=O) groups excluding carboxylic acids is 2. The third kappa shape index (κ3) is 4.27. The van der Waals surface area contributed by atoms with Gasteiger partial charge in [-0.25, -0.2) is 4.79 Å². The minimum Gasteiger partial charge on any atom is -0.495 e. The van der Waals surface area contributed by atoms with E-state index in [0.29, 0.717) is 36.5 Å². The number of amides is 3. The van der Waals surface area contributed by atoms with Crippen molar-refractivity contribution in [3.63, 3.8) is 0 Å². The molecule has 0 saturated carbocycles. The molecule has 3 amide bonds. The van der Waals surface area contributed by atoms with Crippen LogP contribution < -0.4 is 20.3 Å². The van der Waals surface area contributed by atoms with Gasteiger partial charge in [0.05, 0.1) is 19.3 Å². The lowest BCUT2D eigenvalue weighted by Crippen LogP contribution is -2.34. The fourth-order valence-electron chi connectivity index (χ4n) is 3.61. The quantitative estimate of drug-likeness (QED) is 0.644. The minimum absolute atomic E-state index is 0.112. The van der Waals surface area contributed by atoms with Crippen molar-refractivity contribution < 1.29 is 14.3 Å². The molecule has 1 heterocycles. The van der Waals surface area contributed by atoms with E-state index in [1.165, 1.54) is 0 Å². The number of carbonyl (C=O) groups is 2. The predicted molar refractivity (Wildman–Crippen MR) is 118 cm³/mol. The molecule has 0 aromatic heterocycles. The Balaban J connectivity index is 1.49. The van der Waals surface area contributed by atoms with Gasteiger partial charge in [0.2, 0.25) is 5.91 Å². The van der Waals surface area contributed by atoms with Crippen LogP contribution in [0.2, 0.25) is 0 Å². The number of nitrogens with one attached hydrogen (secondary N) is 2. The Kier molecular flexibility index (Phi) is 5.66. The molecule has 152 valence electrons. The minimum atomic E-state index is -0.354. The van der Waals surface area contributed by atoms with Gasteiger partial charge >= 0.3 is 6.03 Å². The van der Waals surface area contributed by atoms with E-state index in [4.69, 9.17) is 4.74 Å². The van der Waals surface area contributed by atoms with Crippen molar-refractivity contribution in [1.82, 2.24) is 0 Å². The topological polar surface area (TPSA) is 70.7 Å². The van der Waals surface area contributed by atoms with Crippen molar-refractivity contribution in [1.29, 1.82) is 0 Å². The second kappa shape index (κ2) is 8.69. The lowest BCUT2D eigenvalue weighted by atomic mass is 9.99. The van der Waals surface area contributed by atoms with Crippen molar-refractivity contribution >= 4 is 29.0 Å². The van der Waals surface area contributed by atoms with E-state index in [0.717, 1.165) is 16.8 Å². The fraction of sp³-hybridized carbons (Fsp3) is 0.167. The molecular weight excluding hydrogens is 378 g/mol. The second-order valence-corrected chi connectivity index (χ2v) is 7.09. The van der Waals surface area contributed by atoms with Gasteiger partial charge in [-0.15, -0.1) is 0 Å². The van der Waals surface area contributed by atoms with Gasteiger partial charge in [-0.1, -0.05) is 42.5 Å². The van der Waals surface area contributed by atoms with Crippen LogP contribution in [-0.2, 0) is 17.8 Å². The molecule has 1 aliphatic rings. The number of urea groups is 1. The van der Waals surface area contributed by atoms with Gasteiger partial charge in [0, 0.05) is 17.8 Å². The summed E-state index contributed by atoms with van der Waals surface area (Å²) in [6.45, 7) is 0.535. The van der Waals surface area contributed by atoms with Gasteiger partial charge in [-0.05, 0) is 47.9 Å². The molecule has 6 nitrogen and oxygen atoms in total. The molecular formula is C24H23N3O3. The van der Waals surface area contributed by atoms with Gasteiger partial charge in [0.1, 0.15) is 5.75 Å². The van der Waals surface area contributed by atoms with Gasteiger partial charge in [-0.2, -0.15) is 0 Å². The maximum Gasteiger partial charge on any atom is 0.323 e. The Hall–Kier alpha value is -3.80. The van der Waals surface area contributed by atoms with Gasteiger partial charge in [0.15, 0.2) is 0 Å². The van der Waals surface area contributed by atoms with E-state index in [1.54, 1.807) is 19.2 Å². The molecule has 0 radical (unpaired) electrons. The normalized spacial score (nSPS) is 12.8. The van der Waals surface area contributed by atoms with Crippen molar-refractivity contribution in [2.75, 3.05) is 22.6 Å². The van der Waals surface area contributed by atoms with Gasteiger partial charge < -0.3 is 20.3 Å². The molecule has 30 heavy (non-hydrogen) atoms. The number of benzene rings is 3. The van der Waals surface area contributed by atoms with Crippen LogP contribution in [-0.4, -0.2) is 19.0 Å². The molecule has 4 rings (SSSR count). The smallest absolute Gasteiger partial charge is 0.323 e. The number of para-hydroxylation sites is 2. The number of fused-ring (bicyclic) bond motifs is 1. The Morgan fingerprint density at radius 2 is 1.73 bits per heavy atom. The van der Waals surface area contributed by atoms with E-state index in [-0.39, 0.29) is 11.9 Å². The highest BCUT2D eigenvalue weighted by atomic mass is 16.5. The van der Waals surface area contributed by atoms with Crippen molar-refractivity contribution in [3.05, 3.63) is 83.9 Å². The van der Waals surface area contributed by atoms with Gasteiger partial charge in [-0.3, -0.25) is 4.79 Å². The first kappa shape index (κ1) is 19.5. The molecule has 1 aliphatic heterocycles. The van der Waals surface area contributed by atoms with Crippen LogP contribution in [0.5, 0.6) is 5.75 Å². The maximum absolute atomic E-state index is 12.5. The SMILES string of the molecule is COc1ccccc1NC(=O)Nc1ccc2c(c1)CCC(=O)N2Cc1ccccc1. The number of hydrogen-bond donors (Lipinski definition) is 2. The lowest BCUT2D eigenvalue weighted by Gasteiger charge is -2.30. The Bertz CT molecular complexity index is 1070. The van der Waals surface area contributed by atoms with Crippen LogP contribution in [0.15, 0.2) is 72.8 Å². The lowest BCUT2D eigenvalue weighted by molar-refractivity contribution is -0.119. The van der Waals surface area contributed by atoms with E-state index < -0.39 is 0 Å². The molecule has 3 aromatic carbocycles. The number of methoxy groups -OCH3 is 1. The average molecular weight is 401 g/mol. The Morgan fingerprint density at radius 1 is 0.967 bits per heavy atom. The number of ether oxygens (including phenoxy) is 1. The number of rotatable bonds is 5.